The molecule has 0 atom stereocenters. The van der Waals surface area contributed by atoms with Gasteiger partial charge in [-0.25, -0.2) is 9.97 Å². The van der Waals surface area contributed by atoms with E-state index in [4.69, 9.17) is 9.97 Å². The van der Waals surface area contributed by atoms with Gasteiger partial charge in [0.25, 0.3) is 0 Å². The van der Waals surface area contributed by atoms with Gasteiger partial charge in [-0.3, -0.25) is 0 Å². The van der Waals surface area contributed by atoms with Gasteiger partial charge in [-0.1, -0.05) is 181 Å². The molecule has 0 radical (unpaired) electrons. The van der Waals surface area contributed by atoms with Gasteiger partial charge in [0.2, 0.25) is 0 Å². The number of fused-ring (bicyclic) bond motifs is 6. The molecule has 0 saturated carbocycles. The lowest BCUT2D eigenvalue weighted by Crippen LogP contribution is -2.10. The van der Waals surface area contributed by atoms with Crippen molar-refractivity contribution in [2.45, 2.75) is 52.4 Å². The van der Waals surface area contributed by atoms with Crippen molar-refractivity contribution in [1.82, 2.24) is 19.1 Å². The van der Waals surface area contributed by atoms with Gasteiger partial charge < -0.3 is 9.13 Å². The number of para-hydroxylation sites is 3. The standard InChI is InChI=1S/C60H50N4/c1-59(2,3)44-30-25-39(26-31-44)52-38-53(40-27-32-45(33-28-40)60(4,5)6)62-58(61-52)43-16-13-15-41(35-43)42-29-34-51-50-21-9-12-24-56(50)64(57(51)36-42)47-18-14-17-46(37-47)63-54-22-10-7-19-48(54)49-20-8-11-23-55(49)63/h7-38H,1-6H3. The second-order valence-corrected chi connectivity index (χ2v) is 19.2. The van der Waals surface area contributed by atoms with Gasteiger partial charge in [0.05, 0.1) is 33.5 Å². The van der Waals surface area contributed by atoms with Crippen LogP contribution in [0.2, 0.25) is 0 Å². The summed E-state index contributed by atoms with van der Waals surface area (Å²) in [6.07, 6.45) is 0. The van der Waals surface area contributed by atoms with E-state index in [1.54, 1.807) is 0 Å². The van der Waals surface area contributed by atoms with E-state index < -0.39 is 0 Å². The first-order valence-electron chi connectivity index (χ1n) is 22.3. The highest BCUT2D eigenvalue weighted by Gasteiger charge is 2.19. The first-order chi connectivity index (χ1) is 31.0. The highest BCUT2D eigenvalue weighted by molar-refractivity contribution is 6.11. The highest BCUT2D eigenvalue weighted by atomic mass is 15.0. The summed E-state index contributed by atoms with van der Waals surface area (Å²) in [7, 11) is 0. The maximum Gasteiger partial charge on any atom is 0.160 e. The lowest BCUT2D eigenvalue weighted by atomic mass is 9.86. The van der Waals surface area contributed by atoms with Gasteiger partial charge in [0, 0.05) is 49.6 Å². The van der Waals surface area contributed by atoms with Gasteiger partial charge >= 0.3 is 0 Å². The molecular weight excluding hydrogens is 777 g/mol. The van der Waals surface area contributed by atoms with Crippen molar-refractivity contribution in [3.63, 3.8) is 0 Å². The first kappa shape index (κ1) is 39.3. The number of aromatic nitrogens is 4. The molecule has 0 bridgehead atoms. The van der Waals surface area contributed by atoms with E-state index in [0.717, 1.165) is 56.1 Å². The Labute approximate surface area is 375 Å². The molecule has 0 aliphatic rings. The van der Waals surface area contributed by atoms with E-state index in [-0.39, 0.29) is 10.8 Å². The number of benzene rings is 8. The van der Waals surface area contributed by atoms with Crippen LogP contribution in [0.25, 0.3) is 100 Å². The Morgan fingerprint density at radius 1 is 0.312 bits per heavy atom. The fourth-order valence-electron chi connectivity index (χ4n) is 9.39. The van der Waals surface area contributed by atoms with E-state index in [1.807, 2.05) is 0 Å². The average molecular weight is 827 g/mol. The molecule has 3 heterocycles. The molecule has 0 aliphatic heterocycles. The van der Waals surface area contributed by atoms with Crippen LogP contribution in [0.3, 0.4) is 0 Å². The minimum absolute atomic E-state index is 0.0602. The third kappa shape index (κ3) is 6.87. The summed E-state index contributed by atoms with van der Waals surface area (Å²) in [4.78, 5) is 10.5. The van der Waals surface area contributed by atoms with Crippen LogP contribution in [0, 0.1) is 0 Å². The molecule has 64 heavy (non-hydrogen) atoms. The van der Waals surface area contributed by atoms with Crippen LogP contribution in [-0.4, -0.2) is 19.1 Å². The van der Waals surface area contributed by atoms with Crippen molar-refractivity contribution in [2.24, 2.45) is 0 Å². The summed E-state index contributed by atoms with van der Waals surface area (Å²) in [5.41, 5.74) is 16.8. The third-order valence-electron chi connectivity index (χ3n) is 12.9. The van der Waals surface area contributed by atoms with Crippen LogP contribution in [0.4, 0.5) is 0 Å². The van der Waals surface area contributed by atoms with Crippen molar-refractivity contribution >= 4 is 43.6 Å². The summed E-state index contributed by atoms with van der Waals surface area (Å²) >= 11 is 0. The summed E-state index contributed by atoms with van der Waals surface area (Å²) in [5.74, 6) is 0.700. The van der Waals surface area contributed by atoms with Crippen molar-refractivity contribution in [3.8, 4) is 56.4 Å². The molecule has 0 spiro atoms. The number of hydrogen-bond acceptors (Lipinski definition) is 2. The van der Waals surface area contributed by atoms with Crippen LogP contribution < -0.4 is 0 Å². The summed E-state index contributed by atoms with van der Waals surface area (Å²) in [6.45, 7) is 13.5. The Balaban J connectivity index is 1.03. The van der Waals surface area contributed by atoms with E-state index in [9.17, 15) is 0 Å². The normalized spacial score (nSPS) is 12.2. The molecule has 4 nitrogen and oxygen atoms in total. The molecule has 3 aromatic heterocycles. The van der Waals surface area contributed by atoms with Gasteiger partial charge in [0.15, 0.2) is 5.82 Å². The monoisotopic (exact) mass is 826 g/mol. The Hall–Kier alpha value is -7.56. The van der Waals surface area contributed by atoms with Crippen LogP contribution in [0.5, 0.6) is 0 Å². The fourth-order valence-corrected chi connectivity index (χ4v) is 9.39. The number of hydrogen-bond donors (Lipinski definition) is 0. The van der Waals surface area contributed by atoms with Gasteiger partial charge in [0.1, 0.15) is 0 Å². The van der Waals surface area contributed by atoms with E-state index >= 15 is 0 Å². The lowest BCUT2D eigenvalue weighted by molar-refractivity contribution is 0.590. The van der Waals surface area contributed by atoms with Crippen molar-refractivity contribution in [3.05, 3.63) is 205 Å². The second kappa shape index (κ2) is 15.1. The smallest absolute Gasteiger partial charge is 0.160 e. The molecule has 0 fully saturated rings. The zero-order chi connectivity index (χ0) is 43.7. The quantitative estimate of drug-likeness (QED) is 0.167. The topological polar surface area (TPSA) is 35.6 Å². The minimum atomic E-state index is 0.0602. The molecule has 11 rings (SSSR count). The number of nitrogens with zero attached hydrogens (tertiary/aromatic N) is 4. The highest BCUT2D eigenvalue weighted by Crippen LogP contribution is 2.38. The molecule has 11 aromatic rings. The van der Waals surface area contributed by atoms with Crippen molar-refractivity contribution in [1.29, 1.82) is 0 Å². The maximum absolute atomic E-state index is 5.27. The van der Waals surface area contributed by atoms with Crippen LogP contribution in [0.15, 0.2) is 194 Å². The largest absolute Gasteiger partial charge is 0.309 e. The van der Waals surface area contributed by atoms with Crippen LogP contribution >= 0.6 is 0 Å². The summed E-state index contributed by atoms with van der Waals surface area (Å²) in [6, 6.07) is 70.5. The van der Waals surface area contributed by atoms with Crippen molar-refractivity contribution in [2.75, 3.05) is 0 Å². The van der Waals surface area contributed by atoms with Crippen LogP contribution in [0.1, 0.15) is 52.7 Å². The van der Waals surface area contributed by atoms with E-state index in [2.05, 4.69) is 245 Å². The SMILES string of the molecule is CC(C)(C)c1ccc(-c2cc(-c3ccc(C(C)(C)C)cc3)nc(-c3cccc(-c4ccc5c6ccccc6n(-c6cccc(-n7c8ccccc8c8ccccc87)c6)c5c4)c3)n2)cc1. The molecule has 4 heteroatoms. The molecule has 0 saturated heterocycles. The average Bonchev–Trinajstić information content (AvgIpc) is 3.84. The molecular formula is C60H50N4. The lowest BCUT2D eigenvalue weighted by Gasteiger charge is -2.19. The summed E-state index contributed by atoms with van der Waals surface area (Å²) in [5, 5.41) is 4.95. The van der Waals surface area contributed by atoms with Gasteiger partial charge in [-0.05, 0) is 87.7 Å². The first-order valence-corrected chi connectivity index (χ1v) is 22.3. The summed E-state index contributed by atoms with van der Waals surface area (Å²) < 4.78 is 4.81. The van der Waals surface area contributed by atoms with E-state index in [1.165, 1.54) is 49.2 Å². The predicted molar refractivity (Wildman–Crippen MR) is 270 cm³/mol. The Morgan fingerprint density at radius 2 is 0.719 bits per heavy atom. The van der Waals surface area contributed by atoms with Gasteiger partial charge in [-0.15, -0.1) is 0 Å². The Kier molecular flexibility index (Phi) is 9.25. The Bertz CT molecular complexity index is 3420. The van der Waals surface area contributed by atoms with E-state index in [0.29, 0.717) is 5.82 Å². The van der Waals surface area contributed by atoms with Gasteiger partial charge in [-0.2, -0.15) is 0 Å². The van der Waals surface area contributed by atoms with Crippen LogP contribution in [-0.2, 0) is 10.8 Å². The zero-order valence-corrected chi connectivity index (χ0v) is 37.3. The second-order valence-electron chi connectivity index (χ2n) is 19.2. The maximum atomic E-state index is 5.27. The molecule has 0 aliphatic carbocycles. The Morgan fingerprint density at radius 3 is 1.22 bits per heavy atom. The van der Waals surface area contributed by atoms with Crippen molar-refractivity contribution < 1.29 is 0 Å². The predicted octanol–water partition coefficient (Wildman–Crippen LogP) is 15.9. The molecule has 0 unspecified atom stereocenters. The number of rotatable bonds is 6. The zero-order valence-electron chi connectivity index (χ0n) is 37.3. The molecule has 0 amide bonds. The molecule has 0 N–H and O–H groups in total. The fraction of sp³-hybridized carbons (Fsp3) is 0.133. The third-order valence-corrected chi connectivity index (χ3v) is 12.9. The molecule has 8 aromatic carbocycles. The minimum Gasteiger partial charge on any atom is -0.309 e. The molecule has 310 valence electrons.